The summed E-state index contributed by atoms with van der Waals surface area (Å²) >= 11 is 1.24. The van der Waals surface area contributed by atoms with Crippen LogP contribution in [0.25, 0.3) is 21.7 Å². The normalized spacial score (nSPS) is 10.8. The monoisotopic (exact) mass is 332 g/mol. The Morgan fingerprint density at radius 2 is 2.26 bits per heavy atom. The Bertz CT molecular complexity index is 886. The molecule has 3 heterocycles. The van der Waals surface area contributed by atoms with Crippen LogP contribution in [0.1, 0.15) is 20.0 Å². The predicted octanol–water partition coefficient (Wildman–Crippen LogP) is 1.72. The van der Waals surface area contributed by atoms with Gasteiger partial charge in [-0.05, 0) is 12.1 Å². The molecule has 0 saturated carbocycles. The SMILES string of the molecule is COCNC(=O)c1ccc(-c2cnc3[nH]cc(C(=O)O)c3n2)s1. The minimum absolute atomic E-state index is 0.0592. The highest BCUT2D eigenvalue weighted by atomic mass is 32.1. The molecule has 0 aliphatic rings. The van der Waals surface area contributed by atoms with Crippen molar-refractivity contribution in [3.8, 4) is 10.6 Å². The molecule has 0 saturated heterocycles. The van der Waals surface area contributed by atoms with E-state index in [1.54, 1.807) is 12.1 Å². The van der Waals surface area contributed by atoms with E-state index in [-0.39, 0.29) is 23.7 Å². The molecule has 0 atom stereocenters. The number of carbonyl (C=O) groups excluding carboxylic acids is 1. The topological polar surface area (TPSA) is 117 Å². The molecule has 23 heavy (non-hydrogen) atoms. The van der Waals surface area contributed by atoms with Gasteiger partial charge in [0.1, 0.15) is 17.8 Å². The first-order valence-corrected chi connectivity index (χ1v) is 7.36. The molecular weight excluding hydrogens is 320 g/mol. The number of aromatic amines is 1. The summed E-state index contributed by atoms with van der Waals surface area (Å²) < 4.78 is 4.79. The number of carboxylic acid groups (broad SMARTS) is 1. The molecule has 0 spiro atoms. The predicted molar refractivity (Wildman–Crippen MR) is 83.5 cm³/mol. The largest absolute Gasteiger partial charge is 0.478 e. The van der Waals surface area contributed by atoms with Gasteiger partial charge in [-0.1, -0.05) is 0 Å². The second-order valence-corrected chi connectivity index (χ2v) is 5.65. The Hall–Kier alpha value is -2.78. The molecule has 8 nitrogen and oxygen atoms in total. The molecule has 118 valence electrons. The van der Waals surface area contributed by atoms with Gasteiger partial charge in [-0.15, -0.1) is 11.3 Å². The first-order chi connectivity index (χ1) is 11.1. The van der Waals surface area contributed by atoms with E-state index < -0.39 is 5.97 Å². The fourth-order valence-electron chi connectivity index (χ4n) is 2.00. The minimum atomic E-state index is -1.08. The van der Waals surface area contributed by atoms with E-state index in [9.17, 15) is 9.59 Å². The Morgan fingerprint density at radius 1 is 1.43 bits per heavy atom. The van der Waals surface area contributed by atoms with Gasteiger partial charge in [-0.25, -0.2) is 14.8 Å². The number of methoxy groups -OCH3 is 1. The van der Waals surface area contributed by atoms with Crippen LogP contribution in [-0.4, -0.2) is 45.8 Å². The first kappa shape index (κ1) is 15.1. The lowest BCUT2D eigenvalue weighted by Crippen LogP contribution is -2.24. The zero-order chi connectivity index (χ0) is 16.4. The summed E-state index contributed by atoms with van der Waals surface area (Å²) in [5.41, 5.74) is 1.26. The van der Waals surface area contributed by atoms with Crippen molar-refractivity contribution in [1.82, 2.24) is 20.3 Å². The number of rotatable bonds is 5. The zero-order valence-electron chi connectivity index (χ0n) is 12.0. The fraction of sp³-hybridized carbons (Fsp3) is 0.143. The van der Waals surface area contributed by atoms with E-state index in [0.717, 1.165) is 4.88 Å². The van der Waals surface area contributed by atoms with Crippen molar-refractivity contribution in [1.29, 1.82) is 0 Å². The van der Waals surface area contributed by atoms with Gasteiger partial charge in [0.05, 0.1) is 21.6 Å². The highest BCUT2D eigenvalue weighted by molar-refractivity contribution is 7.17. The minimum Gasteiger partial charge on any atom is -0.478 e. The lowest BCUT2D eigenvalue weighted by molar-refractivity contribution is 0.0698. The third-order valence-electron chi connectivity index (χ3n) is 3.07. The van der Waals surface area contributed by atoms with Crippen LogP contribution in [0.5, 0.6) is 0 Å². The van der Waals surface area contributed by atoms with Crippen LogP contribution >= 0.6 is 11.3 Å². The lowest BCUT2D eigenvalue weighted by Gasteiger charge is -2.00. The average Bonchev–Trinajstić information content (AvgIpc) is 3.18. The number of thiophene rings is 1. The number of hydrogen-bond donors (Lipinski definition) is 3. The lowest BCUT2D eigenvalue weighted by atomic mass is 10.3. The Labute approximate surface area is 134 Å². The summed E-state index contributed by atoms with van der Waals surface area (Å²) in [5.74, 6) is -1.32. The summed E-state index contributed by atoms with van der Waals surface area (Å²) in [4.78, 5) is 35.5. The number of carboxylic acids is 1. The van der Waals surface area contributed by atoms with Crippen LogP contribution in [0.4, 0.5) is 0 Å². The van der Waals surface area contributed by atoms with Crippen LogP contribution in [0, 0.1) is 0 Å². The number of H-pyrrole nitrogens is 1. The van der Waals surface area contributed by atoms with Gasteiger partial charge in [0, 0.05) is 13.3 Å². The molecule has 0 bridgehead atoms. The number of nitrogens with one attached hydrogen (secondary N) is 2. The van der Waals surface area contributed by atoms with Crippen LogP contribution in [0.2, 0.25) is 0 Å². The van der Waals surface area contributed by atoms with Gasteiger partial charge < -0.3 is 20.1 Å². The molecule has 3 rings (SSSR count). The summed E-state index contributed by atoms with van der Waals surface area (Å²) in [7, 11) is 1.49. The van der Waals surface area contributed by atoms with Crippen LogP contribution in [0.15, 0.2) is 24.5 Å². The molecule has 0 aliphatic heterocycles. The van der Waals surface area contributed by atoms with Crippen molar-refractivity contribution >= 4 is 34.4 Å². The van der Waals surface area contributed by atoms with Crippen LogP contribution in [0.3, 0.4) is 0 Å². The van der Waals surface area contributed by atoms with Crippen LogP contribution in [-0.2, 0) is 4.74 Å². The molecule has 3 aromatic rings. The molecule has 0 aliphatic carbocycles. The molecule has 3 aromatic heterocycles. The second kappa shape index (κ2) is 6.15. The molecular formula is C14H12N4O4S. The third-order valence-corrected chi connectivity index (χ3v) is 4.18. The first-order valence-electron chi connectivity index (χ1n) is 6.55. The Morgan fingerprint density at radius 3 is 3.00 bits per heavy atom. The highest BCUT2D eigenvalue weighted by Gasteiger charge is 2.15. The number of hydrogen-bond acceptors (Lipinski definition) is 6. The highest BCUT2D eigenvalue weighted by Crippen LogP contribution is 2.28. The molecule has 0 unspecified atom stereocenters. The van der Waals surface area contributed by atoms with Crippen molar-refractivity contribution in [2.45, 2.75) is 0 Å². The van der Waals surface area contributed by atoms with Gasteiger partial charge in [0.2, 0.25) is 0 Å². The van der Waals surface area contributed by atoms with Crippen LogP contribution < -0.4 is 5.32 Å². The van der Waals surface area contributed by atoms with Gasteiger partial charge in [-0.2, -0.15) is 0 Å². The maximum absolute atomic E-state index is 11.9. The quantitative estimate of drug-likeness (QED) is 0.612. The van der Waals surface area contributed by atoms with Gasteiger partial charge in [0.25, 0.3) is 5.91 Å². The summed E-state index contributed by atoms with van der Waals surface area (Å²) in [5, 5.41) is 11.7. The maximum Gasteiger partial charge on any atom is 0.339 e. The van der Waals surface area contributed by atoms with E-state index >= 15 is 0 Å². The fourth-order valence-corrected chi connectivity index (χ4v) is 2.87. The van der Waals surface area contributed by atoms with Crippen molar-refractivity contribution in [2.24, 2.45) is 0 Å². The van der Waals surface area contributed by atoms with Crippen molar-refractivity contribution in [3.63, 3.8) is 0 Å². The number of carbonyl (C=O) groups is 2. The third kappa shape index (κ3) is 2.91. The second-order valence-electron chi connectivity index (χ2n) is 4.56. The van der Waals surface area contributed by atoms with Gasteiger partial charge in [0.15, 0.2) is 5.65 Å². The summed E-state index contributed by atoms with van der Waals surface area (Å²) in [6.45, 7) is 0.128. The number of aromatic carboxylic acids is 1. The van der Waals surface area contributed by atoms with E-state index in [0.29, 0.717) is 16.2 Å². The molecule has 1 amide bonds. The Kier molecular flexibility index (Phi) is 4.04. The smallest absolute Gasteiger partial charge is 0.339 e. The van der Waals surface area contributed by atoms with Crippen molar-refractivity contribution in [3.05, 3.63) is 35.0 Å². The number of nitrogens with zero attached hydrogens (tertiary/aromatic N) is 2. The van der Waals surface area contributed by atoms with Crippen molar-refractivity contribution in [2.75, 3.05) is 13.8 Å². The standard InChI is InChI=1S/C14H12N4O4S/c1-22-6-17-13(19)10-3-2-9(23-10)8-5-16-12-11(18-8)7(4-15-12)14(20)21/h2-5H,6H2,1H3,(H,15,16)(H,17,19)(H,20,21). The zero-order valence-corrected chi connectivity index (χ0v) is 12.8. The van der Waals surface area contributed by atoms with Gasteiger partial charge >= 0.3 is 5.97 Å². The summed E-state index contributed by atoms with van der Waals surface area (Å²) in [6, 6.07) is 3.42. The maximum atomic E-state index is 11.9. The van der Waals surface area contributed by atoms with E-state index in [2.05, 4.69) is 20.3 Å². The Balaban J connectivity index is 1.94. The van der Waals surface area contributed by atoms with E-state index in [1.807, 2.05) is 0 Å². The summed E-state index contributed by atoms with van der Waals surface area (Å²) in [6.07, 6.45) is 2.89. The molecule has 0 fully saturated rings. The number of aromatic nitrogens is 3. The molecule has 0 aromatic carbocycles. The number of ether oxygens (including phenoxy) is 1. The molecule has 3 N–H and O–H groups in total. The number of amides is 1. The van der Waals surface area contributed by atoms with Crippen molar-refractivity contribution < 1.29 is 19.4 Å². The molecule has 9 heteroatoms. The van der Waals surface area contributed by atoms with E-state index in [1.165, 1.54) is 30.8 Å². The van der Waals surface area contributed by atoms with Gasteiger partial charge in [-0.3, -0.25) is 4.79 Å². The molecule has 0 radical (unpaired) electrons. The van der Waals surface area contributed by atoms with E-state index in [4.69, 9.17) is 9.84 Å². The number of fused-ring (bicyclic) bond motifs is 1. The average molecular weight is 332 g/mol.